The predicted octanol–water partition coefficient (Wildman–Crippen LogP) is 3.90. The van der Waals surface area contributed by atoms with Crippen LogP contribution in [0.5, 0.6) is 5.75 Å². The first-order chi connectivity index (χ1) is 12.4. The summed E-state index contributed by atoms with van der Waals surface area (Å²) in [5, 5.41) is 6.50. The molecule has 4 heteroatoms. The van der Waals surface area contributed by atoms with Crippen LogP contribution in [-0.2, 0) is 10.2 Å². The molecule has 1 aliphatic heterocycles. The van der Waals surface area contributed by atoms with E-state index >= 15 is 0 Å². The topological polar surface area (TPSA) is 50.4 Å². The number of ether oxygens (including phenoxy) is 1. The maximum absolute atomic E-state index is 12.2. The highest BCUT2D eigenvalue weighted by Crippen LogP contribution is 2.25. The van der Waals surface area contributed by atoms with Crippen molar-refractivity contribution < 1.29 is 9.53 Å². The third-order valence-electron chi connectivity index (χ3n) is 5.18. The summed E-state index contributed by atoms with van der Waals surface area (Å²) in [5.41, 5.74) is 1.12. The fraction of sp³-hybridized carbons (Fsp3) is 0.682. The van der Waals surface area contributed by atoms with Gasteiger partial charge in [-0.05, 0) is 61.9 Å². The van der Waals surface area contributed by atoms with Gasteiger partial charge >= 0.3 is 0 Å². The number of carbonyl (C=O) groups excluding carboxylic acids is 1. The monoisotopic (exact) mass is 360 g/mol. The zero-order valence-corrected chi connectivity index (χ0v) is 16.9. The van der Waals surface area contributed by atoms with Crippen LogP contribution >= 0.6 is 0 Å². The van der Waals surface area contributed by atoms with Gasteiger partial charge in [-0.15, -0.1) is 0 Å². The fourth-order valence-corrected chi connectivity index (χ4v) is 3.28. The molecular formula is C22H36N2O2. The van der Waals surface area contributed by atoms with Crippen LogP contribution in [0, 0.1) is 11.8 Å². The van der Waals surface area contributed by atoms with E-state index in [1.54, 1.807) is 0 Å². The summed E-state index contributed by atoms with van der Waals surface area (Å²) in [6.45, 7) is 12.2. The van der Waals surface area contributed by atoms with Crippen molar-refractivity contribution in [2.75, 3.05) is 26.2 Å². The molecule has 0 spiro atoms. The molecule has 0 bridgehead atoms. The van der Waals surface area contributed by atoms with Gasteiger partial charge in [0.1, 0.15) is 5.75 Å². The van der Waals surface area contributed by atoms with Crippen LogP contribution in [-0.4, -0.2) is 32.1 Å². The highest BCUT2D eigenvalue weighted by Gasteiger charge is 2.22. The number of rotatable bonds is 9. The van der Waals surface area contributed by atoms with E-state index in [4.69, 9.17) is 4.74 Å². The number of carbonyl (C=O) groups is 1. The second-order valence-corrected chi connectivity index (χ2v) is 8.62. The normalized spacial score (nSPS) is 15.9. The predicted molar refractivity (Wildman–Crippen MR) is 108 cm³/mol. The molecule has 26 heavy (non-hydrogen) atoms. The zero-order valence-electron chi connectivity index (χ0n) is 16.9. The second kappa shape index (κ2) is 9.96. The third-order valence-corrected chi connectivity index (χ3v) is 5.18. The average molecular weight is 361 g/mol. The van der Waals surface area contributed by atoms with Crippen LogP contribution in [0.25, 0.3) is 0 Å². The minimum Gasteiger partial charge on any atom is -0.493 e. The molecule has 4 nitrogen and oxygen atoms in total. The van der Waals surface area contributed by atoms with Crippen molar-refractivity contribution in [1.82, 2.24) is 10.6 Å². The van der Waals surface area contributed by atoms with Gasteiger partial charge in [0.05, 0.1) is 6.61 Å². The molecule has 2 N–H and O–H groups in total. The zero-order chi connectivity index (χ0) is 19.0. The maximum atomic E-state index is 12.2. The number of hydrogen-bond donors (Lipinski definition) is 2. The summed E-state index contributed by atoms with van der Waals surface area (Å²) in [6, 6.07) is 8.27. The molecule has 0 saturated carbocycles. The SMILES string of the molecule is CC(C)COc1ccc(C(C)(C)CNC(=O)CCC2CCNCC2)cc1. The molecule has 1 aliphatic rings. The van der Waals surface area contributed by atoms with Crippen molar-refractivity contribution in [2.24, 2.45) is 11.8 Å². The summed E-state index contributed by atoms with van der Waals surface area (Å²) >= 11 is 0. The molecular weight excluding hydrogens is 324 g/mol. The van der Waals surface area contributed by atoms with E-state index in [9.17, 15) is 4.79 Å². The van der Waals surface area contributed by atoms with E-state index in [0.29, 0.717) is 24.8 Å². The maximum Gasteiger partial charge on any atom is 0.220 e. The van der Waals surface area contributed by atoms with Crippen LogP contribution < -0.4 is 15.4 Å². The first kappa shape index (κ1) is 20.8. The van der Waals surface area contributed by atoms with Gasteiger partial charge < -0.3 is 15.4 Å². The van der Waals surface area contributed by atoms with Gasteiger partial charge in [0.15, 0.2) is 0 Å². The van der Waals surface area contributed by atoms with Gasteiger partial charge in [0.25, 0.3) is 0 Å². The van der Waals surface area contributed by atoms with E-state index < -0.39 is 0 Å². The molecule has 0 aliphatic carbocycles. The number of amides is 1. The smallest absolute Gasteiger partial charge is 0.220 e. The fourth-order valence-electron chi connectivity index (χ4n) is 3.28. The Morgan fingerprint density at radius 3 is 2.50 bits per heavy atom. The Balaban J connectivity index is 1.76. The van der Waals surface area contributed by atoms with E-state index in [1.165, 1.54) is 18.4 Å². The Hall–Kier alpha value is -1.55. The molecule has 0 atom stereocenters. The lowest BCUT2D eigenvalue weighted by molar-refractivity contribution is -0.121. The molecule has 1 aromatic carbocycles. The van der Waals surface area contributed by atoms with Crippen molar-refractivity contribution in [1.29, 1.82) is 0 Å². The van der Waals surface area contributed by atoms with E-state index in [1.807, 2.05) is 12.1 Å². The van der Waals surface area contributed by atoms with Gasteiger partial charge in [-0.1, -0.05) is 39.8 Å². The Labute approximate surface area is 159 Å². The summed E-state index contributed by atoms with van der Waals surface area (Å²) in [7, 11) is 0. The van der Waals surface area contributed by atoms with E-state index in [-0.39, 0.29) is 11.3 Å². The summed E-state index contributed by atoms with van der Waals surface area (Å²) in [4.78, 5) is 12.2. The van der Waals surface area contributed by atoms with Gasteiger partial charge in [-0.2, -0.15) is 0 Å². The van der Waals surface area contributed by atoms with Crippen molar-refractivity contribution in [2.45, 2.75) is 58.8 Å². The minimum atomic E-state index is -0.0962. The lowest BCUT2D eigenvalue weighted by Crippen LogP contribution is -2.37. The van der Waals surface area contributed by atoms with Gasteiger partial charge in [0, 0.05) is 18.4 Å². The van der Waals surface area contributed by atoms with Crippen LogP contribution in [0.1, 0.15) is 58.9 Å². The molecule has 1 aromatic rings. The standard InChI is InChI=1S/C22H36N2O2/c1-17(2)15-26-20-8-6-19(7-9-20)22(3,4)16-24-21(25)10-5-18-11-13-23-14-12-18/h6-9,17-18,23H,5,10-16H2,1-4H3,(H,24,25). The molecule has 1 heterocycles. The molecule has 1 fully saturated rings. The van der Waals surface area contributed by atoms with Crippen molar-refractivity contribution in [3.05, 3.63) is 29.8 Å². The molecule has 146 valence electrons. The highest BCUT2D eigenvalue weighted by atomic mass is 16.5. The molecule has 0 radical (unpaired) electrons. The summed E-state index contributed by atoms with van der Waals surface area (Å²) in [5.74, 6) is 2.30. The van der Waals surface area contributed by atoms with Crippen molar-refractivity contribution in [3.63, 3.8) is 0 Å². The third kappa shape index (κ3) is 6.99. The summed E-state index contributed by atoms with van der Waals surface area (Å²) < 4.78 is 5.75. The van der Waals surface area contributed by atoms with E-state index in [0.717, 1.165) is 31.9 Å². The lowest BCUT2D eigenvalue weighted by atomic mass is 9.84. The van der Waals surface area contributed by atoms with Crippen molar-refractivity contribution >= 4 is 5.91 Å². The second-order valence-electron chi connectivity index (χ2n) is 8.62. The van der Waals surface area contributed by atoms with Crippen LogP contribution in [0.15, 0.2) is 24.3 Å². The quantitative estimate of drug-likeness (QED) is 0.702. The van der Waals surface area contributed by atoms with Crippen molar-refractivity contribution in [3.8, 4) is 5.75 Å². The number of piperidine rings is 1. The first-order valence-corrected chi connectivity index (χ1v) is 10.1. The van der Waals surface area contributed by atoms with Crippen LogP contribution in [0.4, 0.5) is 0 Å². The Bertz CT molecular complexity index is 546. The molecule has 2 rings (SSSR count). The Kier molecular flexibility index (Phi) is 7.95. The van der Waals surface area contributed by atoms with Gasteiger partial charge in [-0.3, -0.25) is 4.79 Å². The number of benzene rings is 1. The lowest BCUT2D eigenvalue weighted by Gasteiger charge is -2.26. The van der Waals surface area contributed by atoms with Gasteiger partial charge in [-0.25, -0.2) is 0 Å². The van der Waals surface area contributed by atoms with E-state index in [2.05, 4.69) is 50.5 Å². The number of nitrogens with one attached hydrogen (secondary N) is 2. The molecule has 1 amide bonds. The Morgan fingerprint density at radius 2 is 1.88 bits per heavy atom. The largest absolute Gasteiger partial charge is 0.493 e. The molecule has 1 saturated heterocycles. The van der Waals surface area contributed by atoms with Crippen LogP contribution in [0.2, 0.25) is 0 Å². The van der Waals surface area contributed by atoms with Crippen LogP contribution in [0.3, 0.4) is 0 Å². The first-order valence-electron chi connectivity index (χ1n) is 10.1. The molecule has 0 unspecified atom stereocenters. The van der Waals surface area contributed by atoms with Gasteiger partial charge in [0.2, 0.25) is 5.91 Å². The number of hydrogen-bond acceptors (Lipinski definition) is 3. The summed E-state index contributed by atoms with van der Waals surface area (Å²) in [6.07, 6.45) is 4.05. The highest BCUT2D eigenvalue weighted by molar-refractivity contribution is 5.76. The average Bonchev–Trinajstić information content (AvgIpc) is 2.64. The Morgan fingerprint density at radius 1 is 1.23 bits per heavy atom. The molecule has 0 aromatic heterocycles. The minimum absolute atomic E-state index is 0.0962.